The molecule has 1 aromatic carbocycles. The van der Waals surface area contributed by atoms with Crippen molar-refractivity contribution in [2.24, 2.45) is 0 Å². The molecule has 0 radical (unpaired) electrons. The molecule has 30 heavy (non-hydrogen) atoms. The molecule has 3 rings (SSSR count). The molecule has 0 fully saturated rings. The van der Waals surface area contributed by atoms with Gasteiger partial charge in [0.2, 0.25) is 5.91 Å². The standard InChI is InChI=1S/C23H26N4O3/c1-29-20-7-3-6-19(22(20)30-2)21(27-16-18-5-4-11-25-15-18)23(28)26-14-10-17-8-12-24-13-9-17/h3-9,11-13,15,21,27H,10,14,16H2,1-2H3,(H,26,28). The number of amides is 1. The number of carbonyl (C=O) groups is 1. The van der Waals surface area contributed by atoms with E-state index < -0.39 is 6.04 Å². The van der Waals surface area contributed by atoms with Crippen molar-refractivity contribution in [2.75, 3.05) is 20.8 Å². The van der Waals surface area contributed by atoms with Gasteiger partial charge in [-0.1, -0.05) is 18.2 Å². The van der Waals surface area contributed by atoms with E-state index in [-0.39, 0.29) is 5.91 Å². The van der Waals surface area contributed by atoms with E-state index in [1.807, 2.05) is 42.5 Å². The average molecular weight is 406 g/mol. The second-order valence-corrected chi connectivity index (χ2v) is 6.65. The number of benzene rings is 1. The Bertz CT molecular complexity index is 936. The molecule has 0 bridgehead atoms. The molecule has 0 aliphatic heterocycles. The summed E-state index contributed by atoms with van der Waals surface area (Å²) >= 11 is 0. The average Bonchev–Trinajstić information content (AvgIpc) is 2.80. The lowest BCUT2D eigenvalue weighted by atomic mass is 10.0. The highest BCUT2D eigenvalue weighted by molar-refractivity contribution is 5.84. The summed E-state index contributed by atoms with van der Waals surface area (Å²) in [5.74, 6) is 0.972. The molecule has 2 aromatic heterocycles. The first-order chi connectivity index (χ1) is 14.7. The molecule has 0 saturated carbocycles. The van der Waals surface area contributed by atoms with E-state index in [0.717, 1.165) is 17.5 Å². The summed E-state index contributed by atoms with van der Waals surface area (Å²) in [7, 11) is 3.15. The lowest BCUT2D eigenvalue weighted by Gasteiger charge is -2.22. The van der Waals surface area contributed by atoms with E-state index in [2.05, 4.69) is 20.6 Å². The van der Waals surface area contributed by atoms with E-state index in [4.69, 9.17) is 9.47 Å². The molecule has 0 saturated heterocycles. The molecule has 0 aliphatic rings. The van der Waals surface area contributed by atoms with Crippen molar-refractivity contribution < 1.29 is 14.3 Å². The lowest BCUT2D eigenvalue weighted by Crippen LogP contribution is -2.38. The van der Waals surface area contributed by atoms with Gasteiger partial charge in [-0.05, 0) is 41.8 Å². The zero-order chi connectivity index (χ0) is 21.2. The van der Waals surface area contributed by atoms with Crippen molar-refractivity contribution in [3.05, 3.63) is 83.9 Å². The number of methoxy groups -OCH3 is 2. The molecule has 0 aliphatic carbocycles. The first-order valence-electron chi connectivity index (χ1n) is 9.72. The van der Waals surface area contributed by atoms with Crippen LogP contribution in [0.4, 0.5) is 0 Å². The molecule has 2 heterocycles. The van der Waals surface area contributed by atoms with Gasteiger partial charge >= 0.3 is 0 Å². The van der Waals surface area contributed by atoms with Crippen molar-refractivity contribution in [2.45, 2.75) is 19.0 Å². The van der Waals surface area contributed by atoms with E-state index in [1.165, 1.54) is 0 Å². The first kappa shape index (κ1) is 21.3. The maximum atomic E-state index is 13.1. The summed E-state index contributed by atoms with van der Waals surface area (Å²) in [6.07, 6.45) is 7.71. The second kappa shape index (κ2) is 10.9. The Labute approximate surface area is 176 Å². The van der Waals surface area contributed by atoms with Gasteiger partial charge in [0.25, 0.3) is 0 Å². The van der Waals surface area contributed by atoms with Gasteiger partial charge in [0.1, 0.15) is 6.04 Å². The fraction of sp³-hybridized carbons (Fsp3) is 0.261. The molecule has 7 nitrogen and oxygen atoms in total. The van der Waals surface area contributed by atoms with Crippen LogP contribution >= 0.6 is 0 Å². The molecule has 1 atom stereocenters. The summed E-state index contributed by atoms with van der Waals surface area (Å²) in [4.78, 5) is 21.3. The second-order valence-electron chi connectivity index (χ2n) is 6.65. The quantitative estimate of drug-likeness (QED) is 0.539. The molecule has 3 aromatic rings. The summed E-state index contributed by atoms with van der Waals surface area (Å²) < 4.78 is 11.0. The zero-order valence-corrected chi connectivity index (χ0v) is 17.2. The van der Waals surface area contributed by atoms with Crippen LogP contribution < -0.4 is 20.1 Å². The van der Waals surface area contributed by atoms with Gasteiger partial charge in [-0.2, -0.15) is 0 Å². The Morgan fingerprint density at radius 2 is 1.80 bits per heavy atom. The molecule has 156 valence electrons. The van der Waals surface area contributed by atoms with Crippen molar-refractivity contribution >= 4 is 5.91 Å². The van der Waals surface area contributed by atoms with E-state index in [9.17, 15) is 4.79 Å². The van der Waals surface area contributed by atoms with Crippen LogP contribution in [0.5, 0.6) is 11.5 Å². The van der Waals surface area contributed by atoms with Crippen molar-refractivity contribution in [1.29, 1.82) is 0 Å². The van der Waals surface area contributed by atoms with Crippen LogP contribution in [0.1, 0.15) is 22.7 Å². The summed E-state index contributed by atoms with van der Waals surface area (Å²) in [6.45, 7) is 0.997. The number of carbonyl (C=O) groups excluding carboxylic acids is 1. The maximum absolute atomic E-state index is 13.1. The van der Waals surface area contributed by atoms with Gasteiger partial charge < -0.3 is 14.8 Å². The Morgan fingerprint density at radius 1 is 0.967 bits per heavy atom. The smallest absolute Gasteiger partial charge is 0.241 e. The normalized spacial score (nSPS) is 11.5. The Balaban J connectivity index is 1.77. The zero-order valence-electron chi connectivity index (χ0n) is 17.2. The van der Waals surface area contributed by atoms with Crippen LogP contribution in [-0.4, -0.2) is 36.6 Å². The Kier molecular flexibility index (Phi) is 7.74. The topological polar surface area (TPSA) is 85.4 Å². The van der Waals surface area contributed by atoms with Crippen molar-refractivity contribution in [3.63, 3.8) is 0 Å². The fourth-order valence-electron chi connectivity index (χ4n) is 3.19. The van der Waals surface area contributed by atoms with Crippen LogP contribution in [-0.2, 0) is 17.8 Å². The molecule has 2 N–H and O–H groups in total. The molecular formula is C23H26N4O3. The molecule has 1 unspecified atom stereocenters. The molecular weight excluding hydrogens is 380 g/mol. The Hall–Kier alpha value is -3.45. The number of para-hydroxylation sites is 1. The van der Waals surface area contributed by atoms with Crippen LogP contribution in [0, 0.1) is 0 Å². The number of nitrogens with zero attached hydrogens (tertiary/aromatic N) is 2. The molecule has 0 spiro atoms. The van der Waals surface area contributed by atoms with E-state index in [1.54, 1.807) is 39.0 Å². The maximum Gasteiger partial charge on any atom is 0.241 e. The highest BCUT2D eigenvalue weighted by Gasteiger charge is 2.25. The summed E-state index contributed by atoms with van der Waals surface area (Å²) in [5.41, 5.74) is 2.81. The van der Waals surface area contributed by atoms with Gasteiger partial charge in [-0.15, -0.1) is 0 Å². The predicted molar refractivity (Wildman–Crippen MR) is 114 cm³/mol. The fourth-order valence-corrected chi connectivity index (χ4v) is 3.19. The van der Waals surface area contributed by atoms with Gasteiger partial charge in [0.15, 0.2) is 11.5 Å². The predicted octanol–water partition coefficient (Wildman–Crippen LogP) is 2.68. The van der Waals surface area contributed by atoms with Gasteiger partial charge in [0, 0.05) is 43.4 Å². The summed E-state index contributed by atoms with van der Waals surface area (Å²) in [5, 5.41) is 6.35. The number of aromatic nitrogens is 2. The monoisotopic (exact) mass is 406 g/mol. The van der Waals surface area contributed by atoms with Crippen LogP contribution in [0.15, 0.2) is 67.3 Å². The highest BCUT2D eigenvalue weighted by Crippen LogP contribution is 2.34. The third-order valence-electron chi connectivity index (χ3n) is 4.70. The number of rotatable bonds is 10. The largest absolute Gasteiger partial charge is 0.493 e. The minimum atomic E-state index is -0.618. The van der Waals surface area contributed by atoms with Gasteiger partial charge in [-0.25, -0.2) is 0 Å². The number of pyridine rings is 2. The van der Waals surface area contributed by atoms with Crippen LogP contribution in [0.2, 0.25) is 0 Å². The number of hydrogen-bond acceptors (Lipinski definition) is 6. The van der Waals surface area contributed by atoms with Gasteiger partial charge in [-0.3, -0.25) is 20.1 Å². The first-order valence-corrected chi connectivity index (χ1v) is 9.72. The van der Waals surface area contributed by atoms with Crippen LogP contribution in [0.3, 0.4) is 0 Å². The molecule has 7 heteroatoms. The third-order valence-corrected chi connectivity index (χ3v) is 4.70. The number of nitrogens with one attached hydrogen (secondary N) is 2. The SMILES string of the molecule is COc1cccc(C(NCc2cccnc2)C(=O)NCCc2ccncc2)c1OC. The minimum Gasteiger partial charge on any atom is -0.493 e. The molecule has 1 amide bonds. The van der Waals surface area contributed by atoms with Crippen molar-refractivity contribution in [3.8, 4) is 11.5 Å². The number of ether oxygens (including phenoxy) is 2. The minimum absolute atomic E-state index is 0.139. The van der Waals surface area contributed by atoms with Crippen molar-refractivity contribution in [1.82, 2.24) is 20.6 Å². The lowest BCUT2D eigenvalue weighted by molar-refractivity contribution is -0.123. The Morgan fingerprint density at radius 3 is 2.50 bits per heavy atom. The van der Waals surface area contributed by atoms with E-state index >= 15 is 0 Å². The highest BCUT2D eigenvalue weighted by atomic mass is 16.5. The third kappa shape index (κ3) is 5.55. The van der Waals surface area contributed by atoms with E-state index in [0.29, 0.717) is 30.2 Å². The number of hydrogen-bond donors (Lipinski definition) is 2. The van der Waals surface area contributed by atoms with Gasteiger partial charge in [0.05, 0.1) is 14.2 Å². The van der Waals surface area contributed by atoms with Crippen LogP contribution in [0.25, 0.3) is 0 Å². The summed E-state index contributed by atoms with van der Waals surface area (Å²) in [6, 6.07) is 12.6.